The Balaban J connectivity index is 1.43. The van der Waals surface area contributed by atoms with Crippen LogP contribution in [0.2, 0.25) is 0 Å². The summed E-state index contributed by atoms with van der Waals surface area (Å²) in [6, 6.07) is 13.5. The van der Waals surface area contributed by atoms with E-state index in [1.54, 1.807) is 12.4 Å². The van der Waals surface area contributed by atoms with Crippen molar-refractivity contribution in [2.75, 3.05) is 13.1 Å². The van der Waals surface area contributed by atoms with Crippen molar-refractivity contribution in [3.8, 4) is 11.4 Å². The van der Waals surface area contributed by atoms with Gasteiger partial charge in [-0.15, -0.1) is 0 Å². The zero-order valence-electron chi connectivity index (χ0n) is 14.8. The lowest BCUT2D eigenvalue weighted by atomic mass is 9.82. The van der Waals surface area contributed by atoms with Gasteiger partial charge < -0.3 is 9.42 Å². The molecule has 0 N–H and O–H groups in total. The molecule has 2 aromatic heterocycles. The highest BCUT2D eigenvalue weighted by Crippen LogP contribution is 2.33. The summed E-state index contributed by atoms with van der Waals surface area (Å²) in [6.45, 7) is 5.05. The smallest absolute Gasteiger partial charge is 0.233 e. The molecule has 26 heavy (non-hydrogen) atoms. The van der Waals surface area contributed by atoms with Gasteiger partial charge in [-0.25, -0.2) is 0 Å². The molecule has 1 amide bonds. The maximum atomic E-state index is 12.9. The van der Waals surface area contributed by atoms with Crippen LogP contribution in [0.3, 0.4) is 0 Å². The van der Waals surface area contributed by atoms with Crippen LogP contribution >= 0.6 is 0 Å². The Morgan fingerprint density at radius 1 is 1.15 bits per heavy atom. The largest absolute Gasteiger partial charge is 0.340 e. The Kier molecular flexibility index (Phi) is 4.03. The SMILES string of the molecule is CC(C)(C(=O)N1CC(c2nc(-c3ccccc3)no2)C1)c1cccnc1. The number of rotatable bonds is 4. The first kappa shape index (κ1) is 16.4. The second-order valence-electron chi connectivity index (χ2n) is 7.10. The van der Waals surface area contributed by atoms with Gasteiger partial charge in [0.1, 0.15) is 0 Å². The van der Waals surface area contributed by atoms with Crippen LogP contribution in [0, 0.1) is 0 Å². The van der Waals surface area contributed by atoms with Crippen molar-refractivity contribution in [2.24, 2.45) is 0 Å². The van der Waals surface area contributed by atoms with Crippen LogP contribution in [-0.2, 0) is 10.2 Å². The van der Waals surface area contributed by atoms with E-state index < -0.39 is 5.41 Å². The molecule has 6 nitrogen and oxygen atoms in total. The van der Waals surface area contributed by atoms with E-state index in [2.05, 4.69) is 15.1 Å². The molecule has 0 spiro atoms. The Hall–Kier alpha value is -3.02. The highest BCUT2D eigenvalue weighted by atomic mass is 16.5. The van der Waals surface area contributed by atoms with Crippen LogP contribution in [0.25, 0.3) is 11.4 Å². The number of carbonyl (C=O) groups is 1. The molecule has 1 fully saturated rings. The van der Waals surface area contributed by atoms with Crippen LogP contribution in [0.5, 0.6) is 0 Å². The number of likely N-dealkylation sites (tertiary alicyclic amines) is 1. The molecule has 0 saturated carbocycles. The van der Waals surface area contributed by atoms with Gasteiger partial charge in [0.05, 0.1) is 11.3 Å². The molecule has 132 valence electrons. The van der Waals surface area contributed by atoms with Crippen LogP contribution in [0.4, 0.5) is 0 Å². The van der Waals surface area contributed by atoms with Crippen molar-refractivity contribution in [1.82, 2.24) is 20.0 Å². The van der Waals surface area contributed by atoms with E-state index in [4.69, 9.17) is 4.52 Å². The molecule has 0 aliphatic carbocycles. The van der Waals surface area contributed by atoms with E-state index in [1.807, 2.05) is 61.2 Å². The number of hydrogen-bond donors (Lipinski definition) is 0. The number of benzene rings is 1. The van der Waals surface area contributed by atoms with Gasteiger partial charge in [0.15, 0.2) is 0 Å². The van der Waals surface area contributed by atoms with E-state index in [0.29, 0.717) is 24.8 Å². The van der Waals surface area contributed by atoms with Gasteiger partial charge in [-0.05, 0) is 25.5 Å². The Morgan fingerprint density at radius 2 is 1.92 bits per heavy atom. The zero-order chi connectivity index (χ0) is 18.1. The molecule has 1 aliphatic rings. The third-order valence-electron chi connectivity index (χ3n) is 4.91. The fourth-order valence-corrected chi connectivity index (χ4v) is 3.16. The summed E-state index contributed by atoms with van der Waals surface area (Å²) < 4.78 is 5.41. The highest BCUT2D eigenvalue weighted by molar-refractivity contribution is 5.88. The number of pyridine rings is 1. The highest BCUT2D eigenvalue weighted by Gasteiger charge is 2.42. The molecule has 0 atom stereocenters. The summed E-state index contributed by atoms with van der Waals surface area (Å²) in [5.41, 5.74) is 1.23. The van der Waals surface area contributed by atoms with Gasteiger partial charge in [0.2, 0.25) is 17.6 Å². The molecule has 6 heteroatoms. The van der Waals surface area contributed by atoms with Crippen molar-refractivity contribution in [1.29, 1.82) is 0 Å². The zero-order valence-corrected chi connectivity index (χ0v) is 14.8. The number of aromatic nitrogens is 3. The minimum Gasteiger partial charge on any atom is -0.340 e. The summed E-state index contributed by atoms with van der Waals surface area (Å²) in [4.78, 5) is 23.3. The van der Waals surface area contributed by atoms with Crippen LogP contribution < -0.4 is 0 Å². The van der Waals surface area contributed by atoms with Crippen molar-refractivity contribution < 1.29 is 9.32 Å². The molecular weight excluding hydrogens is 328 g/mol. The minimum absolute atomic E-state index is 0.0875. The number of carbonyl (C=O) groups excluding carboxylic acids is 1. The summed E-state index contributed by atoms with van der Waals surface area (Å²) in [7, 11) is 0. The van der Waals surface area contributed by atoms with Gasteiger partial charge >= 0.3 is 0 Å². The monoisotopic (exact) mass is 348 g/mol. The third-order valence-corrected chi connectivity index (χ3v) is 4.91. The average Bonchev–Trinajstić information content (AvgIpc) is 3.11. The summed E-state index contributed by atoms with van der Waals surface area (Å²) in [5, 5.41) is 4.06. The van der Waals surface area contributed by atoms with E-state index in [-0.39, 0.29) is 11.8 Å². The molecule has 1 saturated heterocycles. The number of nitrogens with zero attached hydrogens (tertiary/aromatic N) is 4. The minimum atomic E-state index is -0.608. The van der Waals surface area contributed by atoms with Gasteiger partial charge in [-0.3, -0.25) is 9.78 Å². The first-order valence-corrected chi connectivity index (χ1v) is 8.64. The van der Waals surface area contributed by atoms with E-state index in [9.17, 15) is 4.79 Å². The standard InChI is InChI=1S/C20H20N4O2/c1-20(2,16-9-6-10-21-11-16)19(25)24-12-15(13-24)18-22-17(23-26-18)14-7-4-3-5-8-14/h3-11,15H,12-13H2,1-2H3. The molecule has 1 aromatic carbocycles. The normalized spacial score (nSPS) is 14.9. The molecule has 0 radical (unpaired) electrons. The quantitative estimate of drug-likeness (QED) is 0.725. The predicted octanol–water partition coefficient (Wildman–Crippen LogP) is 3.04. The molecule has 3 aromatic rings. The Labute approximate surface area is 151 Å². The molecular formula is C20H20N4O2. The average molecular weight is 348 g/mol. The lowest BCUT2D eigenvalue weighted by Crippen LogP contribution is -2.54. The van der Waals surface area contributed by atoms with Crippen molar-refractivity contribution >= 4 is 5.91 Å². The van der Waals surface area contributed by atoms with E-state index in [0.717, 1.165) is 11.1 Å². The second-order valence-corrected chi connectivity index (χ2v) is 7.10. The van der Waals surface area contributed by atoms with Gasteiger partial charge in [-0.2, -0.15) is 4.98 Å². The number of hydrogen-bond acceptors (Lipinski definition) is 5. The van der Waals surface area contributed by atoms with Gasteiger partial charge in [0, 0.05) is 31.0 Å². The van der Waals surface area contributed by atoms with Gasteiger partial charge in [-0.1, -0.05) is 41.6 Å². The fraction of sp³-hybridized carbons (Fsp3) is 0.300. The maximum absolute atomic E-state index is 12.9. The van der Waals surface area contributed by atoms with E-state index >= 15 is 0 Å². The Bertz CT molecular complexity index is 900. The summed E-state index contributed by atoms with van der Waals surface area (Å²) in [6.07, 6.45) is 3.46. The first-order valence-electron chi connectivity index (χ1n) is 8.64. The third kappa shape index (κ3) is 2.87. The summed E-state index contributed by atoms with van der Waals surface area (Å²) in [5.74, 6) is 1.35. The predicted molar refractivity (Wildman–Crippen MR) is 96.3 cm³/mol. The topological polar surface area (TPSA) is 72.1 Å². The fourth-order valence-electron chi connectivity index (χ4n) is 3.16. The van der Waals surface area contributed by atoms with E-state index in [1.165, 1.54) is 0 Å². The van der Waals surface area contributed by atoms with Crippen molar-refractivity contribution in [3.05, 3.63) is 66.3 Å². The second kappa shape index (κ2) is 6.37. The molecule has 0 bridgehead atoms. The molecule has 3 heterocycles. The van der Waals surface area contributed by atoms with Crippen LogP contribution in [0.15, 0.2) is 59.4 Å². The summed E-state index contributed by atoms with van der Waals surface area (Å²) >= 11 is 0. The molecule has 1 aliphatic heterocycles. The lowest BCUT2D eigenvalue weighted by Gasteiger charge is -2.41. The van der Waals surface area contributed by atoms with Gasteiger partial charge in [0.25, 0.3) is 0 Å². The lowest BCUT2D eigenvalue weighted by molar-refractivity contribution is -0.141. The van der Waals surface area contributed by atoms with Crippen molar-refractivity contribution in [2.45, 2.75) is 25.2 Å². The van der Waals surface area contributed by atoms with Crippen molar-refractivity contribution in [3.63, 3.8) is 0 Å². The first-order chi connectivity index (χ1) is 12.6. The molecule has 0 unspecified atom stereocenters. The Morgan fingerprint density at radius 3 is 2.62 bits per heavy atom. The maximum Gasteiger partial charge on any atom is 0.233 e. The van der Waals surface area contributed by atoms with Crippen LogP contribution in [0.1, 0.15) is 31.2 Å². The molecule has 4 rings (SSSR count). The van der Waals surface area contributed by atoms with Crippen LogP contribution in [-0.4, -0.2) is 39.0 Å². The number of amides is 1.